The predicted octanol–water partition coefficient (Wildman–Crippen LogP) is 3.38. The number of nitrogens with zero attached hydrogens (tertiary/aromatic N) is 1. The Morgan fingerprint density at radius 2 is 2.00 bits per heavy atom. The highest BCUT2D eigenvalue weighted by Crippen LogP contribution is 2.20. The van der Waals surface area contributed by atoms with Crippen molar-refractivity contribution in [3.63, 3.8) is 0 Å². The van der Waals surface area contributed by atoms with Gasteiger partial charge in [-0.25, -0.2) is 0 Å². The lowest BCUT2D eigenvalue weighted by atomic mass is 10.1. The molecule has 0 bridgehead atoms. The fourth-order valence-electron chi connectivity index (χ4n) is 2.19. The van der Waals surface area contributed by atoms with Gasteiger partial charge in [-0.05, 0) is 48.9 Å². The van der Waals surface area contributed by atoms with E-state index in [1.54, 1.807) is 18.3 Å². The Morgan fingerprint density at radius 3 is 2.86 bits per heavy atom. The number of anilines is 2. The van der Waals surface area contributed by atoms with E-state index in [1.165, 1.54) is 0 Å². The number of carbonyl (C=O) groups is 1. The van der Waals surface area contributed by atoms with Gasteiger partial charge in [-0.1, -0.05) is 12.1 Å². The molecule has 0 aliphatic carbocycles. The highest BCUT2D eigenvalue weighted by atomic mass is 16.1. The number of rotatable bonds is 2. The van der Waals surface area contributed by atoms with E-state index in [2.05, 4.69) is 10.3 Å². The van der Waals surface area contributed by atoms with E-state index in [-0.39, 0.29) is 5.91 Å². The third-order valence-corrected chi connectivity index (χ3v) is 3.38. The lowest BCUT2D eigenvalue weighted by Crippen LogP contribution is -2.13. The van der Waals surface area contributed by atoms with Crippen LogP contribution in [-0.2, 0) is 0 Å². The normalized spacial score (nSPS) is 10.5. The zero-order valence-corrected chi connectivity index (χ0v) is 11.6. The molecule has 104 valence electrons. The second-order valence-corrected chi connectivity index (χ2v) is 4.94. The van der Waals surface area contributed by atoms with Gasteiger partial charge in [0, 0.05) is 28.5 Å². The summed E-state index contributed by atoms with van der Waals surface area (Å²) in [7, 11) is 0. The molecule has 4 nitrogen and oxygen atoms in total. The van der Waals surface area contributed by atoms with Crippen LogP contribution in [0.1, 0.15) is 15.9 Å². The van der Waals surface area contributed by atoms with Crippen LogP contribution in [0.4, 0.5) is 11.4 Å². The first kappa shape index (κ1) is 13.1. The maximum atomic E-state index is 12.3. The zero-order valence-electron chi connectivity index (χ0n) is 11.6. The molecule has 0 fully saturated rings. The van der Waals surface area contributed by atoms with E-state index in [0.29, 0.717) is 11.3 Å². The van der Waals surface area contributed by atoms with Crippen LogP contribution in [0.5, 0.6) is 0 Å². The summed E-state index contributed by atoms with van der Waals surface area (Å²) < 4.78 is 0. The number of amides is 1. The molecule has 1 aromatic heterocycles. The number of aryl methyl sites for hydroxylation is 1. The molecule has 4 heteroatoms. The van der Waals surface area contributed by atoms with E-state index < -0.39 is 0 Å². The molecule has 0 spiro atoms. The highest BCUT2D eigenvalue weighted by molar-refractivity contribution is 6.06. The molecule has 0 unspecified atom stereocenters. The second-order valence-electron chi connectivity index (χ2n) is 4.94. The van der Waals surface area contributed by atoms with Crippen LogP contribution >= 0.6 is 0 Å². The van der Waals surface area contributed by atoms with Gasteiger partial charge >= 0.3 is 0 Å². The van der Waals surface area contributed by atoms with Crippen molar-refractivity contribution < 1.29 is 4.79 Å². The van der Waals surface area contributed by atoms with Gasteiger partial charge in [-0.3, -0.25) is 9.78 Å². The number of aromatic nitrogens is 1. The van der Waals surface area contributed by atoms with E-state index in [4.69, 9.17) is 5.73 Å². The standard InChI is InChI=1S/C17H15N3O/c1-11-4-6-14(18)10-16(11)20-17(21)13-5-7-15-12(9-13)3-2-8-19-15/h2-10H,18H2,1H3,(H,20,21). The summed E-state index contributed by atoms with van der Waals surface area (Å²) in [6.07, 6.45) is 1.73. The topological polar surface area (TPSA) is 68.0 Å². The molecule has 0 saturated heterocycles. The molecule has 3 rings (SSSR count). The smallest absolute Gasteiger partial charge is 0.255 e. The Bertz CT molecular complexity index is 827. The number of nitrogens with two attached hydrogens (primary N) is 1. The third-order valence-electron chi connectivity index (χ3n) is 3.38. The largest absolute Gasteiger partial charge is 0.399 e. The molecular weight excluding hydrogens is 262 g/mol. The van der Waals surface area contributed by atoms with Gasteiger partial charge in [-0.2, -0.15) is 0 Å². The van der Waals surface area contributed by atoms with Crippen molar-refractivity contribution in [2.45, 2.75) is 6.92 Å². The molecule has 0 saturated carbocycles. The minimum Gasteiger partial charge on any atom is -0.399 e. The fraction of sp³-hybridized carbons (Fsp3) is 0.0588. The number of fused-ring (bicyclic) bond motifs is 1. The van der Waals surface area contributed by atoms with Gasteiger partial charge in [0.25, 0.3) is 5.91 Å². The van der Waals surface area contributed by atoms with Crippen LogP contribution in [0.2, 0.25) is 0 Å². The number of nitrogens with one attached hydrogen (secondary N) is 1. The minimum absolute atomic E-state index is 0.158. The summed E-state index contributed by atoms with van der Waals surface area (Å²) in [5, 5.41) is 3.83. The summed E-state index contributed by atoms with van der Waals surface area (Å²) in [4.78, 5) is 16.6. The first-order chi connectivity index (χ1) is 10.1. The van der Waals surface area contributed by atoms with Gasteiger partial charge in [0.1, 0.15) is 0 Å². The van der Waals surface area contributed by atoms with Crippen LogP contribution < -0.4 is 11.1 Å². The highest BCUT2D eigenvalue weighted by Gasteiger charge is 2.09. The van der Waals surface area contributed by atoms with Gasteiger partial charge in [-0.15, -0.1) is 0 Å². The van der Waals surface area contributed by atoms with Crippen molar-refractivity contribution in [1.29, 1.82) is 0 Å². The Kier molecular flexibility index (Phi) is 3.28. The zero-order chi connectivity index (χ0) is 14.8. The number of benzene rings is 2. The first-order valence-corrected chi connectivity index (χ1v) is 6.66. The molecule has 3 aromatic rings. The van der Waals surface area contributed by atoms with Crippen LogP contribution in [0, 0.1) is 6.92 Å². The predicted molar refractivity (Wildman–Crippen MR) is 85.3 cm³/mol. The van der Waals surface area contributed by atoms with Gasteiger partial charge < -0.3 is 11.1 Å². The van der Waals surface area contributed by atoms with Crippen LogP contribution in [-0.4, -0.2) is 10.9 Å². The second kappa shape index (κ2) is 5.25. The van der Waals surface area contributed by atoms with E-state index in [1.807, 2.05) is 43.3 Å². The summed E-state index contributed by atoms with van der Waals surface area (Å²) >= 11 is 0. The molecule has 0 aliphatic heterocycles. The maximum absolute atomic E-state index is 12.3. The Balaban J connectivity index is 1.91. The van der Waals surface area contributed by atoms with E-state index >= 15 is 0 Å². The minimum atomic E-state index is -0.158. The molecule has 0 atom stereocenters. The van der Waals surface area contributed by atoms with Gasteiger partial charge in [0.15, 0.2) is 0 Å². The summed E-state index contributed by atoms with van der Waals surface area (Å²) in [6, 6.07) is 14.7. The van der Waals surface area contributed by atoms with Crippen molar-refractivity contribution in [3.8, 4) is 0 Å². The lowest BCUT2D eigenvalue weighted by molar-refractivity contribution is 0.102. The van der Waals surface area contributed by atoms with Crippen molar-refractivity contribution in [1.82, 2.24) is 4.98 Å². The lowest BCUT2D eigenvalue weighted by Gasteiger charge is -2.09. The molecule has 21 heavy (non-hydrogen) atoms. The Labute approximate surface area is 122 Å². The average Bonchev–Trinajstić information content (AvgIpc) is 2.50. The Morgan fingerprint density at radius 1 is 1.14 bits per heavy atom. The number of nitrogen functional groups attached to an aromatic ring is 1. The van der Waals surface area contributed by atoms with Crippen molar-refractivity contribution >= 4 is 28.2 Å². The summed E-state index contributed by atoms with van der Waals surface area (Å²) in [5.41, 5.74) is 9.55. The first-order valence-electron chi connectivity index (χ1n) is 6.66. The number of hydrogen-bond donors (Lipinski definition) is 2. The summed E-state index contributed by atoms with van der Waals surface area (Å²) in [6.45, 7) is 1.93. The van der Waals surface area contributed by atoms with Crippen LogP contribution in [0.25, 0.3) is 10.9 Å². The summed E-state index contributed by atoms with van der Waals surface area (Å²) in [5.74, 6) is -0.158. The molecular formula is C17H15N3O. The van der Waals surface area contributed by atoms with E-state index in [0.717, 1.165) is 22.2 Å². The average molecular weight is 277 g/mol. The van der Waals surface area contributed by atoms with Gasteiger partial charge in [0.2, 0.25) is 0 Å². The van der Waals surface area contributed by atoms with Crippen molar-refractivity contribution in [2.24, 2.45) is 0 Å². The fourth-order valence-corrected chi connectivity index (χ4v) is 2.19. The van der Waals surface area contributed by atoms with Crippen molar-refractivity contribution in [2.75, 3.05) is 11.1 Å². The molecule has 0 aliphatic rings. The SMILES string of the molecule is Cc1ccc(N)cc1NC(=O)c1ccc2ncccc2c1. The van der Waals surface area contributed by atoms with Crippen LogP contribution in [0.3, 0.4) is 0 Å². The maximum Gasteiger partial charge on any atom is 0.255 e. The molecule has 1 amide bonds. The molecule has 2 aromatic carbocycles. The van der Waals surface area contributed by atoms with Gasteiger partial charge in [0.05, 0.1) is 5.52 Å². The monoisotopic (exact) mass is 277 g/mol. The number of carbonyl (C=O) groups excluding carboxylic acids is 1. The number of hydrogen-bond acceptors (Lipinski definition) is 3. The molecule has 3 N–H and O–H groups in total. The quantitative estimate of drug-likeness (QED) is 0.706. The number of pyridine rings is 1. The van der Waals surface area contributed by atoms with Crippen molar-refractivity contribution in [3.05, 3.63) is 65.9 Å². The van der Waals surface area contributed by atoms with Crippen LogP contribution in [0.15, 0.2) is 54.7 Å². The third kappa shape index (κ3) is 2.69. The Hall–Kier alpha value is -2.88. The molecule has 1 heterocycles. The molecule has 0 radical (unpaired) electrons. The van der Waals surface area contributed by atoms with E-state index in [9.17, 15) is 4.79 Å².